The summed E-state index contributed by atoms with van der Waals surface area (Å²) in [6.07, 6.45) is 0. The number of hydrogen-bond acceptors (Lipinski definition) is 4. The van der Waals surface area contributed by atoms with Crippen LogP contribution in [0, 0.1) is 0 Å². The third kappa shape index (κ3) is 2.25. The zero-order chi connectivity index (χ0) is 13.9. The topological polar surface area (TPSA) is 43.7 Å². The van der Waals surface area contributed by atoms with Crippen LogP contribution >= 0.6 is 0 Å². The molecule has 1 aromatic heterocycles. The summed E-state index contributed by atoms with van der Waals surface area (Å²) >= 11 is 0. The molecule has 20 heavy (non-hydrogen) atoms. The predicted octanol–water partition coefficient (Wildman–Crippen LogP) is 1.79. The van der Waals surface area contributed by atoms with Crippen molar-refractivity contribution in [2.24, 2.45) is 0 Å². The lowest BCUT2D eigenvalue weighted by Crippen LogP contribution is -2.45. The first-order chi connectivity index (χ1) is 9.81. The van der Waals surface area contributed by atoms with Crippen molar-refractivity contribution in [2.75, 3.05) is 37.9 Å². The quantitative estimate of drug-likeness (QED) is 0.800. The molecule has 3 rings (SSSR count). The van der Waals surface area contributed by atoms with Crippen molar-refractivity contribution in [3.63, 3.8) is 0 Å². The molecule has 106 valence electrons. The van der Waals surface area contributed by atoms with Gasteiger partial charge in [-0.25, -0.2) is 9.47 Å². The first kappa shape index (κ1) is 13.0. The Morgan fingerprint density at radius 1 is 1.30 bits per heavy atom. The van der Waals surface area contributed by atoms with Crippen molar-refractivity contribution >= 4 is 16.9 Å². The zero-order valence-electron chi connectivity index (χ0n) is 11.5. The van der Waals surface area contributed by atoms with Crippen LogP contribution in [0.4, 0.5) is 0 Å². The second-order valence-electron chi connectivity index (χ2n) is 4.69. The van der Waals surface area contributed by atoms with E-state index in [1.54, 1.807) is 0 Å². The minimum Gasteiger partial charge on any atom is -0.461 e. The molecule has 1 fully saturated rings. The highest BCUT2D eigenvalue weighted by Crippen LogP contribution is 2.21. The van der Waals surface area contributed by atoms with Crippen LogP contribution in [0.15, 0.2) is 30.3 Å². The molecule has 0 radical (unpaired) electrons. The number of para-hydroxylation sites is 1. The lowest BCUT2D eigenvalue weighted by atomic mass is 10.2. The van der Waals surface area contributed by atoms with E-state index in [4.69, 9.17) is 9.47 Å². The van der Waals surface area contributed by atoms with E-state index in [0.717, 1.165) is 24.0 Å². The van der Waals surface area contributed by atoms with Crippen LogP contribution in [-0.4, -0.2) is 43.6 Å². The Bertz CT molecular complexity index is 615. The molecule has 1 aromatic carbocycles. The highest BCUT2D eigenvalue weighted by atomic mass is 16.5. The van der Waals surface area contributed by atoms with Crippen LogP contribution < -0.4 is 5.01 Å². The number of esters is 1. The third-order valence-corrected chi connectivity index (χ3v) is 3.44. The monoisotopic (exact) mass is 274 g/mol. The van der Waals surface area contributed by atoms with E-state index in [2.05, 4.69) is 5.01 Å². The van der Waals surface area contributed by atoms with Gasteiger partial charge in [0.1, 0.15) is 5.69 Å². The van der Waals surface area contributed by atoms with Crippen molar-refractivity contribution in [1.82, 2.24) is 4.68 Å². The average Bonchev–Trinajstić information content (AvgIpc) is 2.88. The Labute approximate surface area is 117 Å². The maximum absolute atomic E-state index is 12.2. The predicted molar refractivity (Wildman–Crippen MR) is 76.7 cm³/mol. The number of rotatable bonds is 3. The summed E-state index contributed by atoms with van der Waals surface area (Å²) in [4.78, 5) is 12.2. The molecular weight excluding hydrogens is 256 g/mol. The molecular formula is C15H18N2O3. The standard InChI is InChI=1S/C15H18N2O3/c1-2-20-15(18)14-11-12-5-3-4-6-13(12)17(14)16-7-9-19-10-8-16/h3-6,11H,2,7-10H2,1H3. The molecule has 0 amide bonds. The lowest BCUT2D eigenvalue weighted by Gasteiger charge is -2.31. The number of morpholine rings is 1. The molecule has 5 nitrogen and oxygen atoms in total. The van der Waals surface area contributed by atoms with Gasteiger partial charge in [0.15, 0.2) is 0 Å². The van der Waals surface area contributed by atoms with Gasteiger partial charge in [-0.05, 0) is 19.1 Å². The fourth-order valence-corrected chi connectivity index (χ4v) is 2.55. The Hall–Kier alpha value is -2.01. The van der Waals surface area contributed by atoms with Gasteiger partial charge >= 0.3 is 5.97 Å². The highest BCUT2D eigenvalue weighted by molar-refractivity contribution is 5.96. The third-order valence-electron chi connectivity index (χ3n) is 3.44. The van der Waals surface area contributed by atoms with E-state index in [-0.39, 0.29) is 5.97 Å². The first-order valence-electron chi connectivity index (χ1n) is 6.92. The van der Waals surface area contributed by atoms with Crippen molar-refractivity contribution in [2.45, 2.75) is 6.92 Å². The van der Waals surface area contributed by atoms with Gasteiger partial charge in [-0.1, -0.05) is 18.2 Å². The minimum absolute atomic E-state index is 0.282. The Kier molecular flexibility index (Phi) is 3.60. The minimum atomic E-state index is -0.282. The van der Waals surface area contributed by atoms with E-state index in [1.165, 1.54) is 0 Å². The van der Waals surface area contributed by atoms with Crippen LogP contribution in [0.1, 0.15) is 17.4 Å². The number of carbonyl (C=O) groups excluding carboxylic acids is 1. The smallest absolute Gasteiger partial charge is 0.356 e. The second-order valence-corrected chi connectivity index (χ2v) is 4.69. The number of fused-ring (bicyclic) bond motifs is 1. The molecule has 0 unspecified atom stereocenters. The zero-order valence-corrected chi connectivity index (χ0v) is 11.5. The van der Waals surface area contributed by atoms with Gasteiger partial charge < -0.3 is 14.5 Å². The van der Waals surface area contributed by atoms with Gasteiger partial charge in [0.2, 0.25) is 0 Å². The van der Waals surface area contributed by atoms with Gasteiger partial charge in [-0.2, -0.15) is 0 Å². The van der Waals surface area contributed by atoms with Crippen molar-refractivity contribution in [3.8, 4) is 0 Å². The summed E-state index contributed by atoms with van der Waals surface area (Å²) in [7, 11) is 0. The molecule has 0 atom stereocenters. The van der Waals surface area contributed by atoms with Gasteiger partial charge in [0, 0.05) is 5.39 Å². The highest BCUT2D eigenvalue weighted by Gasteiger charge is 2.21. The summed E-state index contributed by atoms with van der Waals surface area (Å²) in [5.41, 5.74) is 1.60. The molecule has 0 spiro atoms. The van der Waals surface area contributed by atoms with E-state index in [9.17, 15) is 4.79 Å². The average molecular weight is 274 g/mol. The van der Waals surface area contributed by atoms with Crippen LogP contribution in [-0.2, 0) is 9.47 Å². The fraction of sp³-hybridized carbons (Fsp3) is 0.400. The number of carbonyl (C=O) groups is 1. The Morgan fingerprint density at radius 2 is 2.05 bits per heavy atom. The normalized spacial score (nSPS) is 15.6. The largest absolute Gasteiger partial charge is 0.461 e. The molecule has 2 heterocycles. The molecule has 1 aliphatic rings. The Balaban J connectivity index is 2.09. The van der Waals surface area contributed by atoms with Crippen LogP contribution in [0.3, 0.4) is 0 Å². The van der Waals surface area contributed by atoms with E-state index >= 15 is 0 Å². The number of benzene rings is 1. The second kappa shape index (κ2) is 5.54. The summed E-state index contributed by atoms with van der Waals surface area (Å²) < 4.78 is 12.5. The molecule has 1 saturated heterocycles. The van der Waals surface area contributed by atoms with Crippen LogP contribution in [0.2, 0.25) is 0 Å². The molecule has 0 aliphatic carbocycles. The molecule has 0 saturated carbocycles. The maximum Gasteiger partial charge on any atom is 0.356 e. The summed E-state index contributed by atoms with van der Waals surface area (Å²) in [6, 6.07) is 9.88. The SMILES string of the molecule is CCOC(=O)c1cc2ccccc2n1N1CCOCC1. The molecule has 0 bridgehead atoms. The van der Waals surface area contributed by atoms with E-state index < -0.39 is 0 Å². The van der Waals surface area contributed by atoms with Crippen LogP contribution in [0.25, 0.3) is 10.9 Å². The van der Waals surface area contributed by atoms with Crippen molar-refractivity contribution < 1.29 is 14.3 Å². The van der Waals surface area contributed by atoms with Gasteiger partial charge in [0.25, 0.3) is 0 Å². The molecule has 0 N–H and O–H groups in total. The van der Waals surface area contributed by atoms with Gasteiger partial charge in [-0.3, -0.25) is 0 Å². The fourth-order valence-electron chi connectivity index (χ4n) is 2.55. The van der Waals surface area contributed by atoms with E-state index in [1.807, 2.05) is 41.9 Å². The van der Waals surface area contributed by atoms with Gasteiger partial charge in [0.05, 0.1) is 38.4 Å². The molecule has 1 aliphatic heterocycles. The Morgan fingerprint density at radius 3 is 2.80 bits per heavy atom. The van der Waals surface area contributed by atoms with Crippen molar-refractivity contribution in [3.05, 3.63) is 36.0 Å². The number of nitrogens with zero attached hydrogens (tertiary/aromatic N) is 2. The van der Waals surface area contributed by atoms with Gasteiger partial charge in [-0.15, -0.1) is 0 Å². The number of hydrogen-bond donors (Lipinski definition) is 0. The first-order valence-corrected chi connectivity index (χ1v) is 6.92. The van der Waals surface area contributed by atoms with E-state index in [0.29, 0.717) is 25.5 Å². The molecule has 5 heteroatoms. The van der Waals surface area contributed by atoms with Crippen molar-refractivity contribution in [1.29, 1.82) is 0 Å². The number of ether oxygens (including phenoxy) is 2. The number of aromatic nitrogens is 1. The van der Waals surface area contributed by atoms with Crippen LogP contribution in [0.5, 0.6) is 0 Å². The maximum atomic E-state index is 12.2. The lowest BCUT2D eigenvalue weighted by molar-refractivity contribution is 0.0508. The summed E-state index contributed by atoms with van der Waals surface area (Å²) in [5, 5.41) is 3.18. The summed E-state index contributed by atoms with van der Waals surface area (Å²) in [6.45, 7) is 5.09. The summed E-state index contributed by atoms with van der Waals surface area (Å²) in [5.74, 6) is -0.282. The molecule has 2 aromatic rings.